The number of likely N-dealkylation sites (tertiary alicyclic amines) is 1. The highest BCUT2D eigenvalue weighted by Gasteiger charge is 2.18. The smallest absolute Gasteiger partial charge is 0.238 e. The molecule has 1 aromatic rings. The van der Waals surface area contributed by atoms with Gasteiger partial charge in [-0.2, -0.15) is 0 Å². The van der Waals surface area contributed by atoms with Gasteiger partial charge in [0.1, 0.15) is 5.75 Å². The SMILES string of the molecule is Cc1cc(NC(=O)CN2CCC(N)CC2)ccc1O. The van der Waals surface area contributed by atoms with Gasteiger partial charge in [-0.25, -0.2) is 0 Å². The normalized spacial score (nSPS) is 17.4. The maximum absolute atomic E-state index is 11.9. The Kier molecular flexibility index (Phi) is 4.39. The van der Waals surface area contributed by atoms with E-state index < -0.39 is 0 Å². The Morgan fingerprint density at radius 2 is 2.16 bits per heavy atom. The minimum Gasteiger partial charge on any atom is -0.508 e. The molecule has 0 saturated carbocycles. The van der Waals surface area contributed by atoms with Crippen molar-refractivity contribution in [1.82, 2.24) is 4.90 Å². The first-order valence-corrected chi connectivity index (χ1v) is 6.62. The average molecular weight is 263 g/mol. The molecular formula is C14H21N3O2. The molecule has 104 valence electrons. The lowest BCUT2D eigenvalue weighted by Gasteiger charge is -2.29. The van der Waals surface area contributed by atoms with E-state index in [1.165, 1.54) is 0 Å². The first-order valence-electron chi connectivity index (χ1n) is 6.62. The van der Waals surface area contributed by atoms with E-state index in [1.54, 1.807) is 25.1 Å². The number of nitrogens with zero attached hydrogens (tertiary/aromatic N) is 1. The van der Waals surface area contributed by atoms with Crippen LogP contribution in [0.5, 0.6) is 5.75 Å². The lowest BCUT2D eigenvalue weighted by Crippen LogP contribution is -2.43. The van der Waals surface area contributed by atoms with Gasteiger partial charge in [-0.3, -0.25) is 9.69 Å². The Morgan fingerprint density at radius 1 is 1.47 bits per heavy atom. The molecule has 1 aromatic carbocycles. The van der Waals surface area contributed by atoms with Crippen molar-refractivity contribution in [3.05, 3.63) is 23.8 Å². The van der Waals surface area contributed by atoms with Crippen molar-refractivity contribution in [3.63, 3.8) is 0 Å². The maximum Gasteiger partial charge on any atom is 0.238 e. The van der Waals surface area contributed by atoms with E-state index in [0.29, 0.717) is 12.2 Å². The van der Waals surface area contributed by atoms with Gasteiger partial charge < -0.3 is 16.2 Å². The number of nitrogens with two attached hydrogens (primary N) is 1. The van der Waals surface area contributed by atoms with E-state index in [1.807, 2.05) is 0 Å². The summed E-state index contributed by atoms with van der Waals surface area (Å²) in [6.45, 7) is 3.95. The number of phenols is 1. The van der Waals surface area contributed by atoms with Gasteiger partial charge in [0, 0.05) is 24.8 Å². The zero-order chi connectivity index (χ0) is 13.8. The second-order valence-electron chi connectivity index (χ2n) is 5.16. The number of amides is 1. The molecule has 1 aliphatic rings. The van der Waals surface area contributed by atoms with Crippen LogP contribution in [-0.2, 0) is 4.79 Å². The number of carbonyl (C=O) groups is 1. The summed E-state index contributed by atoms with van der Waals surface area (Å²) in [6.07, 6.45) is 1.90. The summed E-state index contributed by atoms with van der Waals surface area (Å²) in [5.74, 6) is 0.212. The highest BCUT2D eigenvalue weighted by Crippen LogP contribution is 2.20. The van der Waals surface area contributed by atoms with Crippen molar-refractivity contribution in [3.8, 4) is 5.75 Å². The number of phenolic OH excluding ortho intramolecular Hbond substituents is 1. The summed E-state index contributed by atoms with van der Waals surface area (Å²) in [7, 11) is 0. The van der Waals surface area contributed by atoms with Crippen LogP contribution in [0.4, 0.5) is 5.69 Å². The predicted molar refractivity (Wildman–Crippen MR) is 75.1 cm³/mol. The number of benzene rings is 1. The lowest BCUT2D eigenvalue weighted by atomic mass is 10.1. The molecule has 0 aliphatic carbocycles. The van der Waals surface area contributed by atoms with Gasteiger partial charge in [-0.05, 0) is 43.5 Å². The fourth-order valence-corrected chi connectivity index (χ4v) is 2.25. The first-order chi connectivity index (χ1) is 9.04. The quantitative estimate of drug-likeness (QED) is 0.713. The molecule has 0 unspecified atom stereocenters. The van der Waals surface area contributed by atoms with Crippen molar-refractivity contribution in [2.75, 3.05) is 25.0 Å². The summed E-state index contributed by atoms with van der Waals surface area (Å²) in [5, 5.41) is 12.3. The Balaban J connectivity index is 1.85. The molecule has 1 heterocycles. The summed E-state index contributed by atoms with van der Waals surface area (Å²) in [5.41, 5.74) is 7.30. The fraction of sp³-hybridized carbons (Fsp3) is 0.500. The zero-order valence-corrected chi connectivity index (χ0v) is 11.2. The van der Waals surface area contributed by atoms with Crippen LogP contribution in [0.2, 0.25) is 0 Å². The van der Waals surface area contributed by atoms with Crippen molar-refractivity contribution in [1.29, 1.82) is 0 Å². The molecule has 5 heteroatoms. The molecule has 2 rings (SSSR count). The molecule has 0 spiro atoms. The molecule has 0 radical (unpaired) electrons. The van der Waals surface area contributed by atoms with Crippen molar-refractivity contribution in [2.24, 2.45) is 5.73 Å². The number of hydrogen-bond acceptors (Lipinski definition) is 4. The van der Waals surface area contributed by atoms with Gasteiger partial charge in [0.15, 0.2) is 0 Å². The van der Waals surface area contributed by atoms with Crippen LogP contribution >= 0.6 is 0 Å². The van der Waals surface area contributed by atoms with Crippen molar-refractivity contribution in [2.45, 2.75) is 25.8 Å². The molecule has 1 amide bonds. The van der Waals surface area contributed by atoms with Crippen LogP contribution in [-0.4, -0.2) is 41.6 Å². The topological polar surface area (TPSA) is 78.6 Å². The van der Waals surface area contributed by atoms with Crippen molar-refractivity contribution < 1.29 is 9.90 Å². The summed E-state index contributed by atoms with van der Waals surface area (Å²) in [4.78, 5) is 14.0. The molecule has 0 atom stereocenters. The average Bonchev–Trinajstić information content (AvgIpc) is 2.37. The van der Waals surface area contributed by atoms with Crippen LogP contribution in [0.3, 0.4) is 0 Å². The molecule has 4 N–H and O–H groups in total. The van der Waals surface area contributed by atoms with Crippen LogP contribution < -0.4 is 11.1 Å². The van der Waals surface area contributed by atoms with Gasteiger partial charge in [0.25, 0.3) is 0 Å². The third-order valence-corrected chi connectivity index (χ3v) is 3.48. The first kappa shape index (κ1) is 13.8. The van der Waals surface area contributed by atoms with Gasteiger partial charge in [0.2, 0.25) is 5.91 Å². The van der Waals surface area contributed by atoms with Crippen LogP contribution in [0, 0.1) is 6.92 Å². The fourth-order valence-electron chi connectivity index (χ4n) is 2.25. The summed E-state index contributed by atoms with van der Waals surface area (Å²) >= 11 is 0. The van der Waals surface area contributed by atoms with Crippen LogP contribution in [0.25, 0.3) is 0 Å². The number of rotatable bonds is 3. The third kappa shape index (κ3) is 3.94. The number of carbonyl (C=O) groups excluding carboxylic acids is 1. The molecule has 0 bridgehead atoms. The van der Waals surface area contributed by atoms with Crippen molar-refractivity contribution >= 4 is 11.6 Å². The maximum atomic E-state index is 11.9. The van der Waals surface area contributed by atoms with Gasteiger partial charge in [0.05, 0.1) is 6.54 Å². The molecule has 19 heavy (non-hydrogen) atoms. The molecule has 1 aliphatic heterocycles. The largest absolute Gasteiger partial charge is 0.508 e. The van der Waals surface area contributed by atoms with Crippen LogP contribution in [0.1, 0.15) is 18.4 Å². The number of hydrogen-bond donors (Lipinski definition) is 3. The minimum atomic E-state index is -0.0273. The zero-order valence-electron chi connectivity index (χ0n) is 11.2. The summed E-state index contributed by atoms with van der Waals surface area (Å²) in [6, 6.07) is 5.33. The van der Waals surface area contributed by atoms with E-state index in [9.17, 15) is 9.90 Å². The second kappa shape index (κ2) is 6.04. The number of aryl methyl sites for hydroxylation is 1. The van der Waals surface area contributed by atoms with E-state index in [0.717, 1.165) is 31.5 Å². The number of piperidine rings is 1. The second-order valence-corrected chi connectivity index (χ2v) is 5.16. The van der Waals surface area contributed by atoms with E-state index in [-0.39, 0.29) is 17.7 Å². The van der Waals surface area contributed by atoms with Crippen LogP contribution in [0.15, 0.2) is 18.2 Å². The number of aromatic hydroxyl groups is 1. The number of anilines is 1. The molecule has 0 aromatic heterocycles. The van der Waals surface area contributed by atoms with Gasteiger partial charge in [-0.1, -0.05) is 0 Å². The van der Waals surface area contributed by atoms with Gasteiger partial charge in [-0.15, -0.1) is 0 Å². The molecule has 1 fully saturated rings. The Labute approximate surface area is 113 Å². The highest BCUT2D eigenvalue weighted by atomic mass is 16.3. The third-order valence-electron chi connectivity index (χ3n) is 3.48. The minimum absolute atomic E-state index is 0.0273. The Morgan fingerprint density at radius 3 is 2.79 bits per heavy atom. The standard InChI is InChI=1S/C14H21N3O2/c1-10-8-12(2-3-13(10)18)16-14(19)9-17-6-4-11(15)5-7-17/h2-3,8,11,18H,4-7,9,15H2,1H3,(H,16,19). The highest BCUT2D eigenvalue weighted by molar-refractivity contribution is 5.92. The Bertz CT molecular complexity index is 454. The van der Waals surface area contributed by atoms with Gasteiger partial charge >= 0.3 is 0 Å². The lowest BCUT2D eigenvalue weighted by molar-refractivity contribution is -0.117. The van der Waals surface area contributed by atoms with E-state index in [2.05, 4.69) is 10.2 Å². The molecular weight excluding hydrogens is 242 g/mol. The predicted octanol–water partition coefficient (Wildman–Crippen LogP) is 1.06. The number of nitrogens with one attached hydrogen (secondary N) is 1. The molecule has 5 nitrogen and oxygen atoms in total. The Hall–Kier alpha value is -1.59. The van der Waals surface area contributed by atoms with E-state index >= 15 is 0 Å². The van der Waals surface area contributed by atoms with E-state index in [4.69, 9.17) is 5.73 Å². The monoisotopic (exact) mass is 263 g/mol. The summed E-state index contributed by atoms with van der Waals surface area (Å²) < 4.78 is 0. The molecule has 1 saturated heterocycles.